The zero-order valence-electron chi connectivity index (χ0n) is 14.1. The van der Waals surface area contributed by atoms with Crippen LogP contribution in [0.4, 0.5) is 0 Å². The Morgan fingerprint density at radius 2 is 2.12 bits per heavy atom. The second kappa shape index (κ2) is 8.58. The van der Waals surface area contributed by atoms with Gasteiger partial charge >= 0.3 is 0 Å². The third kappa shape index (κ3) is 5.13. The van der Waals surface area contributed by atoms with E-state index in [4.69, 9.17) is 9.90 Å². The summed E-state index contributed by atoms with van der Waals surface area (Å²) in [5.74, 6) is -0.0463. The molecule has 0 aliphatic carbocycles. The SMILES string of the molecule is Cc1ccn2cc(CNC(=O)Cc3ncccc3C)nc2c1.O=CO. The number of hydrogen-bond donors (Lipinski definition) is 2. The molecule has 130 valence electrons. The second-order valence-electron chi connectivity index (χ2n) is 5.53. The number of carboxylic acid groups (broad SMARTS) is 1. The predicted molar refractivity (Wildman–Crippen MR) is 93.1 cm³/mol. The van der Waals surface area contributed by atoms with E-state index in [1.807, 2.05) is 54.9 Å². The lowest BCUT2D eigenvalue weighted by Gasteiger charge is -2.05. The van der Waals surface area contributed by atoms with Gasteiger partial charge in [-0.3, -0.25) is 14.6 Å². The number of carbonyl (C=O) groups excluding carboxylic acids is 1. The molecule has 0 saturated heterocycles. The van der Waals surface area contributed by atoms with E-state index in [0.717, 1.165) is 22.6 Å². The maximum absolute atomic E-state index is 12.0. The van der Waals surface area contributed by atoms with E-state index in [0.29, 0.717) is 13.0 Å². The summed E-state index contributed by atoms with van der Waals surface area (Å²) in [6, 6.07) is 7.87. The predicted octanol–water partition coefficient (Wildman–Crippen LogP) is 1.91. The van der Waals surface area contributed by atoms with Crippen LogP contribution >= 0.6 is 0 Å². The number of aromatic nitrogens is 3. The van der Waals surface area contributed by atoms with Gasteiger partial charge in [-0.25, -0.2) is 4.98 Å². The Balaban J connectivity index is 0.000000701. The molecule has 0 unspecified atom stereocenters. The Hall–Kier alpha value is -3.22. The van der Waals surface area contributed by atoms with Crippen LogP contribution in [-0.2, 0) is 22.6 Å². The molecule has 3 rings (SSSR count). The number of nitrogens with zero attached hydrogens (tertiary/aromatic N) is 3. The molecule has 0 radical (unpaired) electrons. The van der Waals surface area contributed by atoms with Gasteiger partial charge in [0, 0.05) is 18.6 Å². The van der Waals surface area contributed by atoms with Gasteiger partial charge in [0.15, 0.2) is 0 Å². The highest BCUT2D eigenvalue weighted by Crippen LogP contribution is 2.08. The lowest BCUT2D eigenvalue weighted by Crippen LogP contribution is -2.25. The summed E-state index contributed by atoms with van der Waals surface area (Å²) in [4.78, 5) is 29.1. The van der Waals surface area contributed by atoms with E-state index in [2.05, 4.69) is 15.3 Å². The number of aryl methyl sites for hydroxylation is 2. The molecule has 0 aromatic carbocycles. The highest BCUT2D eigenvalue weighted by molar-refractivity contribution is 5.78. The van der Waals surface area contributed by atoms with Crippen LogP contribution in [0.25, 0.3) is 5.65 Å². The highest BCUT2D eigenvalue weighted by Gasteiger charge is 2.08. The summed E-state index contributed by atoms with van der Waals surface area (Å²) in [5.41, 5.74) is 4.74. The van der Waals surface area contributed by atoms with Crippen LogP contribution in [0, 0.1) is 13.8 Å². The molecule has 3 aromatic rings. The average molecular weight is 340 g/mol. The lowest BCUT2D eigenvalue weighted by atomic mass is 10.1. The van der Waals surface area contributed by atoms with Crippen molar-refractivity contribution in [1.29, 1.82) is 0 Å². The standard InChI is InChI=1S/C17H18N4O.CH2O2/c1-12-5-7-21-11-14(20-16(21)8-12)10-19-17(22)9-15-13(2)4-3-6-18-15;2-1-3/h3-8,11H,9-10H2,1-2H3,(H,19,22);1H,(H,2,3). The largest absolute Gasteiger partial charge is 0.483 e. The van der Waals surface area contributed by atoms with Gasteiger partial charge in [-0.05, 0) is 43.2 Å². The fourth-order valence-corrected chi connectivity index (χ4v) is 2.33. The molecular formula is C18H20N4O3. The van der Waals surface area contributed by atoms with Crippen molar-refractivity contribution in [2.45, 2.75) is 26.8 Å². The lowest BCUT2D eigenvalue weighted by molar-refractivity contribution is -0.123. The van der Waals surface area contributed by atoms with Gasteiger partial charge < -0.3 is 14.8 Å². The fourth-order valence-electron chi connectivity index (χ4n) is 2.33. The van der Waals surface area contributed by atoms with Crippen molar-refractivity contribution in [3.8, 4) is 0 Å². The van der Waals surface area contributed by atoms with Crippen LogP contribution in [0.3, 0.4) is 0 Å². The first-order chi connectivity index (χ1) is 12.0. The zero-order valence-corrected chi connectivity index (χ0v) is 14.1. The van der Waals surface area contributed by atoms with Gasteiger partial charge in [0.25, 0.3) is 6.47 Å². The molecule has 2 N–H and O–H groups in total. The minimum Gasteiger partial charge on any atom is -0.483 e. The maximum atomic E-state index is 12.0. The van der Waals surface area contributed by atoms with E-state index >= 15 is 0 Å². The van der Waals surface area contributed by atoms with Crippen LogP contribution in [0.5, 0.6) is 0 Å². The molecule has 0 aliphatic heterocycles. The summed E-state index contributed by atoms with van der Waals surface area (Å²) < 4.78 is 1.96. The van der Waals surface area contributed by atoms with E-state index in [-0.39, 0.29) is 12.4 Å². The normalized spacial score (nSPS) is 10.0. The molecular weight excluding hydrogens is 320 g/mol. The molecule has 7 heteroatoms. The molecule has 0 aliphatic rings. The molecule has 0 saturated carbocycles. The minimum atomic E-state index is -0.250. The Labute approximate surface area is 145 Å². The Morgan fingerprint density at radius 1 is 1.36 bits per heavy atom. The first-order valence-corrected chi connectivity index (χ1v) is 7.72. The topological polar surface area (TPSA) is 96.6 Å². The van der Waals surface area contributed by atoms with Gasteiger partial charge in [-0.2, -0.15) is 0 Å². The van der Waals surface area contributed by atoms with Crippen molar-refractivity contribution in [3.05, 3.63) is 65.4 Å². The number of nitrogens with one attached hydrogen (secondary N) is 1. The molecule has 0 fully saturated rings. The summed E-state index contributed by atoms with van der Waals surface area (Å²) in [5, 5.41) is 9.78. The van der Waals surface area contributed by atoms with Gasteiger partial charge in [0.05, 0.1) is 24.4 Å². The summed E-state index contributed by atoms with van der Waals surface area (Å²) in [7, 11) is 0. The number of amides is 1. The first kappa shape index (κ1) is 18.1. The van der Waals surface area contributed by atoms with Crippen LogP contribution in [0.15, 0.2) is 42.9 Å². The van der Waals surface area contributed by atoms with Crippen molar-refractivity contribution >= 4 is 18.0 Å². The quantitative estimate of drug-likeness (QED) is 0.707. The third-order valence-corrected chi connectivity index (χ3v) is 3.58. The Bertz CT molecular complexity index is 874. The Kier molecular flexibility index (Phi) is 6.22. The fraction of sp³-hybridized carbons (Fsp3) is 0.222. The third-order valence-electron chi connectivity index (χ3n) is 3.58. The Morgan fingerprint density at radius 3 is 2.84 bits per heavy atom. The van der Waals surface area contributed by atoms with Gasteiger partial charge in [-0.1, -0.05) is 6.07 Å². The van der Waals surface area contributed by atoms with Crippen molar-refractivity contribution in [3.63, 3.8) is 0 Å². The van der Waals surface area contributed by atoms with Crippen LogP contribution in [-0.4, -0.2) is 31.9 Å². The number of carbonyl (C=O) groups is 2. The van der Waals surface area contributed by atoms with Gasteiger partial charge in [0.1, 0.15) is 5.65 Å². The molecule has 0 bridgehead atoms. The monoisotopic (exact) mass is 340 g/mol. The maximum Gasteiger partial charge on any atom is 0.290 e. The van der Waals surface area contributed by atoms with Gasteiger partial charge in [-0.15, -0.1) is 0 Å². The van der Waals surface area contributed by atoms with E-state index in [1.165, 1.54) is 5.56 Å². The summed E-state index contributed by atoms with van der Waals surface area (Å²) in [6.45, 7) is 4.16. The summed E-state index contributed by atoms with van der Waals surface area (Å²) >= 11 is 0. The molecule has 0 spiro atoms. The van der Waals surface area contributed by atoms with E-state index < -0.39 is 0 Å². The molecule has 3 aromatic heterocycles. The molecule has 7 nitrogen and oxygen atoms in total. The number of fused-ring (bicyclic) bond motifs is 1. The van der Waals surface area contributed by atoms with Crippen LogP contribution in [0.2, 0.25) is 0 Å². The molecule has 3 heterocycles. The highest BCUT2D eigenvalue weighted by atomic mass is 16.3. The zero-order chi connectivity index (χ0) is 18.2. The molecule has 25 heavy (non-hydrogen) atoms. The first-order valence-electron chi connectivity index (χ1n) is 7.72. The number of imidazole rings is 1. The minimum absolute atomic E-state index is 0.0463. The number of pyridine rings is 2. The van der Waals surface area contributed by atoms with Crippen LogP contribution < -0.4 is 5.32 Å². The molecule has 1 amide bonds. The smallest absolute Gasteiger partial charge is 0.290 e. The molecule has 0 atom stereocenters. The van der Waals surface area contributed by atoms with Crippen LogP contribution in [0.1, 0.15) is 22.5 Å². The average Bonchev–Trinajstić information content (AvgIpc) is 2.98. The van der Waals surface area contributed by atoms with E-state index in [1.54, 1.807) is 6.20 Å². The summed E-state index contributed by atoms with van der Waals surface area (Å²) in [6.07, 6.45) is 5.90. The van der Waals surface area contributed by atoms with E-state index in [9.17, 15) is 4.79 Å². The van der Waals surface area contributed by atoms with Crippen molar-refractivity contribution in [2.24, 2.45) is 0 Å². The van der Waals surface area contributed by atoms with Crippen molar-refractivity contribution in [1.82, 2.24) is 19.7 Å². The van der Waals surface area contributed by atoms with Crippen molar-refractivity contribution < 1.29 is 14.7 Å². The number of hydrogen-bond acceptors (Lipinski definition) is 4. The van der Waals surface area contributed by atoms with Crippen molar-refractivity contribution in [2.75, 3.05) is 0 Å². The van der Waals surface area contributed by atoms with Gasteiger partial charge in [0.2, 0.25) is 5.91 Å². The second-order valence-corrected chi connectivity index (χ2v) is 5.53. The number of rotatable bonds is 4.